The normalized spacial score (nSPS) is 11.7. The molecule has 5 heteroatoms. The minimum absolute atomic E-state index is 0.183. The predicted octanol–water partition coefficient (Wildman–Crippen LogP) is 5.57. The number of halogens is 1. The summed E-state index contributed by atoms with van der Waals surface area (Å²) in [4.78, 5) is 19.7. The van der Waals surface area contributed by atoms with Crippen molar-refractivity contribution in [2.45, 2.75) is 32.6 Å². The lowest BCUT2D eigenvalue weighted by Gasteiger charge is -2.20. The van der Waals surface area contributed by atoms with E-state index in [1.807, 2.05) is 37.4 Å². The average Bonchev–Trinajstić information content (AvgIpc) is 2.83. The fraction of sp³-hybridized carbons (Fsp3) is 0.222. The summed E-state index contributed by atoms with van der Waals surface area (Å²) in [6.07, 6.45) is 3.91. The fourth-order valence-corrected chi connectivity index (χ4v) is 4.06. The molecule has 1 N–H and O–H groups in total. The zero-order valence-electron chi connectivity index (χ0n) is 18.4. The van der Waals surface area contributed by atoms with Gasteiger partial charge in [0.1, 0.15) is 17.9 Å². The van der Waals surface area contributed by atoms with Gasteiger partial charge in [0, 0.05) is 19.0 Å². The second-order valence-corrected chi connectivity index (χ2v) is 7.77. The molecule has 0 atom stereocenters. The van der Waals surface area contributed by atoms with Gasteiger partial charge in [-0.25, -0.2) is 14.4 Å². The molecule has 0 unspecified atom stereocenters. The standard InChI is InChI=1S/C15H16FN3.C12H10O/c1-3-12-15(17-2)19-13-7-4-9-8-10(16)5-6-11(9)14(13)18-12;13-8-7-10-5-6-11-3-1-2-4-12(11)9-10/h5-6,8H,3-4,7H2,1-2H3,(H,17,19);1-6,8-9H,7H2. The summed E-state index contributed by atoms with van der Waals surface area (Å²) in [6, 6.07) is 19.2. The SMILES string of the molecule is CCc1nc2c(nc1NC)CCc1cc(F)ccc1-2.O=CCc1ccc2ccccc2c1. The van der Waals surface area contributed by atoms with Crippen LogP contribution in [0.5, 0.6) is 0 Å². The third-order valence-electron chi connectivity index (χ3n) is 5.70. The molecular formula is C27H26FN3O. The largest absolute Gasteiger partial charge is 0.372 e. The quantitative estimate of drug-likeness (QED) is 0.433. The van der Waals surface area contributed by atoms with Gasteiger partial charge < -0.3 is 10.1 Å². The van der Waals surface area contributed by atoms with Crippen LogP contribution < -0.4 is 5.32 Å². The van der Waals surface area contributed by atoms with Crippen LogP contribution in [0.4, 0.5) is 10.2 Å². The minimum atomic E-state index is -0.183. The minimum Gasteiger partial charge on any atom is -0.372 e. The highest BCUT2D eigenvalue weighted by Crippen LogP contribution is 2.33. The van der Waals surface area contributed by atoms with E-state index in [-0.39, 0.29) is 5.82 Å². The number of fused-ring (bicyclic) bond motifs is 4. The Balaban J connectivity index is 0.000000165. The highest BCUT2D eigenvalue weighted by molar-refractivity contribution is 5.83. The van der Waals surface area contributed by atoms with Crippen LogP contribution in [0.25, 0.3) is 22.0 Å². The van der Waals surface area contributed by atoms with Gasteiger partial charge in [0.25, 0.3) is 0 Å². The molecule has 0 saturated carbocycles. The summed E-state index contributed by atoms with van der Waals surface area (Å²) in [7, 11) is 1.86. The Bertz CT molecular complexity index is 1270. The fourth-order valence-electron chi connectivity index (χ4n) is 4.06. The molecule has 32 heavy (non-hydrogen) atoms. The number of hydrogen-bond donors (Lipinski definition) is 1. The molecule has 0 saturated heterocycles. The van der Waals surface area contributed by atoms with Crippen molar-refractivity contribution in [1.82, 2.24) is 9.97 Å². The van der Waals surface area contributed by atoms with Crippen LogP contribution in [0.1, 0.15) is 29.4 Å². The first-order valence-corrected chi connectivity index (χ1v) is 10.9. The lowest BCUT2D eigenvalue weighted by Crippen LogP contribution is -2.12. The van der Waals surface area contributed by atoms with E-state index >= 15 is 0 Å². The Labute approximate surface area is 187 Å². The summed E-state index contributed by atoms with van der Waals surface area (Å²) in [5, 5.41) is 5.51. The van der Waals surface area contributed by atoms with Gasteiger partial charge in [-0.1, -0.05) is 49.4 Å². The molecule has 1 aliphatic carbocycles. The van der Waals surface area contributed by atoms with E-state index in [0.29, 0.717) is 6.42 Å². The topological polar surface area (TPSA) is 54.9 Å². The van der Waals surface area contributed by atoms with Gasteiger partial charge in [0.05, 0.1) is 17.1 Å². The molecule has 4 nitrogen and oxygen atoms in total. The molecule has 0 radical (unpaired) electrons. The van der Waals surface area contributed by atoms with Crippen LogP contribution in [-0.2, 0) is 30.5 Å². The van der Waals surface area contributed by atoms with Gasteiger partial charge in [-0.2, -0.15) is 0 Å². The number of carbonyl (C=O) groups excluding carboxylic acids is 1. The van der Waals surface area contributed by atoms with Crippen LogP contribution >= 0.6 is 0 Å². The van der Waals surface area contributed by atoms with Crippen LogP contribution in [0, 0.1) is 5.82 Å². The Hall–Kier alpha value is -3.60. The lowest BCUT2D eigenvalue weighted by atomic mass is 9.91. The summed E-state index contributed by atoms with van der Waals surface area (Å²) in [6.45, 7) is 2.06. The van der Waals surface area contributed by atoms with E-state index in [4.69, 9.17) is 4.98 Å². The molecule has 3 aromatic carbocycles. The van der Waals surface area contributed by atoms with Crippen molar-refractivity contribution in [3.8, 4) is 11.3 Å². The number of aryl methyl sites for hydroxylation is 3. The van der Waals surface area contributed by atoms with Crippen LogP contribution in [0.2, 0.25) is 0 Å². The maximum atomic E-state index is 13.3. The van der Waals surface area contributed by atoms with Gasteiger partial charge in [-0.05, 0) is 59.4 Å². The van der Waals surface area contributed by atoms with E-state index in [0.717, 1.165) is 65.1 Å². The number of hydrogen-bond acceptors (Lipinski definition) is 4. The first-order valence-electron chi connectivity index (χ1n) is 10.9. The number of aromatic nitrogens is 2. The molecular weight excluding hydrogens is 401 g/mol. The number of benzene rings is 3. The Morgan fingerprint density at radius 3 is 2.56 bits per heavy atom. The van der Waals surface area contributed by atoms with E-state index in [1.54, 1.807) is 6.07 Å². The molecule has 1 heterocycles. The van der Waals surface area contributed by atoms with Gasteiger partial charge in [-0.15, -0.1) is 0 Å². The number of aldehydes is 1. The molecule has 0 bridgehead atoms. The van der Waals surface area contributed by atoms with E-state index in [2.05, 4.69) is 35.4 Å². The second kappa shape index (κ2) is 9.69. The molecule has 0 aliphatic heterocycles. The molecule has 0 amide bonds. The summed E-state index contributed by atoms with van der Waals surface area (Å²) < 4.78 is 13.3. The van der Waals surface area contributed by atoms with E-state index in [9.17, 15) is 9.18 Å². The first kappa shape index (κ1) is 21.6. The number of anilines is 1. The molecule has 1 aliphatic rings. The summed E-state index contributed by atoms with van der Waals surface area (Å²) in [5.74, 6) is 0.671. The summed E-state index contributed by atoms with van der Waals surface area (Å²) in [5.41, 5.74) is 6.00. The maximum absolute atomic E-state index is 13.3. The van der Waals surface area contributed by atoms with Crippen LogP contribution in [0.3, 0.4) is 0 Å². The van der Waals surface area contributed by atoms with Gasteiger partial charge in [0.2, 0.25) is 0 Å². The van der Waals surface area contributed by atoms with Crippen LogP contribution in [-0.4, -0.2) is 23.3 Å². The number of nitrogens with zero attached hydrogens (tertiary/aromatic N) is 2. The lowest BCUT2D eigenvalue weighted by molar-refractivity contribution is -0.107. The van der Waals surface area contributed by atoms with Gasteiger partial charge in [0.15, 0.2) is 0 Å². The summed E-state index contributed by atoms with van der Waals surface area (Å²) >= 11 is 0. The maximum Gasteiger partial charge on any atom is 0.147 e. The molecule has 162 valence electrons. The number of rotatable bonds is 4. The molecule has 4 aromatic rings. The van der Waals surface area contributed by atoms with Gasteiger partial charge >= 0.3 is 0 Å². The van der Waals surface area contributed by atoms with Crippen molar-refractivity contribution < 1.29 is 9.18 Å². The molecule has 0 fully saturated rings. The van der Waals surface area contributed by atoms with Crippen molar-refractivity contribution in [2.75, 3.05) is 12.4 Å². The highest BCUT2D eigenvalue weighted by atomic mass is 19.1. The van der Waals surface area contributed by atoms with E-state index < -0.39 is 0 Å². The Morgan fingerprint density at radius 1 is 1.00 bits per heavy atom. The smallest absolute Gasteiger partial charge is 0.147 e. The Morgan fingerprint density at radius 2 is 1.81 bits per heavy atom. The van der Waals surface area contributed by atoms with Gasteiger partial charge in [-0.3, -0.25) is 0 Å². The second-order valence-electron chi connectivity index (χ2n) is 7.77. The molecule has 0 spiro atoms. The number of nitrogens with one attached hydrogen (secondary N) is 1. The van der Waals surface area contributed by atoms with Crippen molar-refractivity contribution in [1.29, 1.82) is 0 Å². The zero-order chi connectivity index (χ0) is 22.5. The molecule has 5 rings (SSSR count). The highest BCUT2D eigenvalue weighted by Gasteiger charge is 2.21. The van der Waals surface area contributed by atoms with Crippen LogP contribution in [0.15, 0.2) is 60.7 Å². The number of carbonyl (C=O) groups is 1. The first-order chi connectivity index (χ1) is 15.6. The third-order valence-corrected chi connectivity index (χ3v) is 5.70. The monoisotopic (exact) mass is 427 g/mol. The van der Waals surface area contributed by atoms with E-state index in [1.165, 1.54) is 16.8 Å². The van der Waals surface area contributed by atoms with Crippen molar-refractivity contribution >= 4 is 22.9 Å². The van der Waals surface area contributed by atoms with Crippen molar-refractivity contribution in [2.24, 2.45) is 0 Å². The zero-order valence-corrected chi connectivity index (χ0v) is 18.4. The predicted molar refractivity (Wildman–Crippen MR) is 127 cm³/mol. The average molecular weight is 428 g/mol. The van der Waals surface area contributed by atoms with Crippen molar-refractivity contribution in [3.63, 3.8) is 0 Å². The van der Waals surface area contributed by atoms with Crippen molar-refractivity contribution in [3.05, 3.63) is 89.0 Å². The third kappa shape index (κ3) is 4.52. The Kier molecular flexibility index (Phi) is 6.55. The molecule has 1 aromatic heterocycles.